The number of aryl methyl sites for hydroxylation is 1. The van der Waals surface area contributed by atoms with E-state index in [1.54, 1.807) is 30.3 Å². The molecule has 5 nitrogen and oxygen atoms in total. The molecule has 1 heterocycles. The highest BCUT2D eigenvalue weighted by atomic mass is 32.2. The molecule has 0 saturated carbocycles. The van der Waals surface area contributed by atoms with E-state index in [-0.39, 0.29) is 27.7 Å². The lowest BCUT2D eigenvalue weighted by Crippen LogP contribution is -2.16. The molecule has 3 aromatic rings. The van der Waals surface area contributed by atoms with Crippen LogP contribution in [0.2, 0.25) is 0 Å². The number of rotatable bonds is 5. The Kier molecular flexibility index (Phi) is 4.96. The van der Waals surface area contributed by atoms with Crippen molar-refractivity contribution in [2.45, 2.75) is 28.6 Å². The molecule has 1 unspecified atom stereocenters. The Morgan fingerprint density at radius 2 is 1.69 bits per heavy atom. The monoisotopic (exact) mass is 428 g/mol. The maximum Gasteiger partial charge on any atom is 0.186 e. The molecule has 0 aromatic heterocycles. The Morgan fingerprint density at radius 1 is 0.966 bits per heavy atom. The molecule has 29 heavy (non-hydrogen) atoms. The highest BCUT2D eigenvalue weighted by molar-refractivity contribution is 7.96. The zero-order valence-electron chi connectivity index (χ0n) is 15.8. The molecule has 0 spiro atoms. The van der Waals surface area contributed by atoms with Gasteiger partial charge in [-0.1, -0.05) is 54.1 Å². The summed E-state index contributed by atoms with van der Waals surface area (Å²) in [5.74, 6) is -0.195. The Hall–Kier alpha value is -2.64. The molecule has 3 aromatic carbocycles. The third-order valence-corrected chi connectivity index (χ3v) is 9.07. The summed E-state index contributed by atoms with van der Waals surface area (Å²) in [5, 5.41) is -1.20. The van der Waals surface area contributed by atoms with Crippen LogP contribution in [-0.2, 0) is 26.3 Å². The van der Waals surface area contributed by atoms with Crippen molar-refractivity contribution in [3.63, 3.8) is 0 Å². The summed E-state index contributed by atoms with van der Waals surface area (Å²) in [5.41, 5.74) is 2.23. The van der Waals surface area contributed by atoms with Crippen molar-refractivity contribution in [2.75, 3.05) is 5.75 Å². The summed E-state index contributed by atoms with van der Waals surface area (Å²) in [6, 6.07) is 20.3. The molecular formula is C22H20O5S2. The number of fused-ring (bicyclic) bond motifs is 1. The lowest BCUT2D eigenvalue weighted by atomic mass is 10.1. The van der Waals surface area contributed by atoms with Crippen molar-refractivity contribution < 1.29 is 21.6 Å². The van der Waals surface area contributed by atoms with Gasteiger partial charge in [-0.2, -0.15) is 0 Å². The minimum absolute atomic E-state index is 0.0312. The molecule has 0 aliphatic carbocycles. The molecule has 0 N–H and O–H groups in total. The first kappa shape index (κ1) is 19.7. The number of benzene rings is 3. The Bertz CT molecular complexity index is 1260. The topological polar surface area (TPSA) is 77.5 Å². The van der Waals surface area contributed by atoms with Gasteiger partial charge in [0.15, 0.2) is 19.7 Å². The van der Waals surface area contributed by atoms with Gasteiger partial charge in [-0.15, -0.1) is 0 Å². The molecule has 0 radical (unpaired) electrons. The largest absolute Gasteiger partial charge is 0.489 e. The van der Waals surface area contributed by atoms with Crippen LogP contribution in [0.5, 0.6) is 5.75 Å². The summed E-state index contributed by atoms with van der Waals surface area (Å²) in [4.78, 5) is 0.130. The minimum atomic E-state index is -3.89. The van der Waals surface area contributed by atoms with Crippen LogP contribution in [0, 0.1) is 6.92 Å². The fraction of sp³-hybridized carbons (Fsp3) is 0.182. The second kappa shape index (κ2) is 7.31. The van der Waals surface area contributed by atoms with Crippen LogP contribution in [0.1, 0.15) is 21.9 Å². The van der Waals surface area contributed by atoms with E-state index in [0.29, 0.717) is 0 Å². The van der Waals surface area contributed by atoms with Crippen LogP contribution >= 0.6 is 0 Å². The molecule has 7 heteroatoms. The maximum atomic E-state index is 13.2. The molecule has 1 aliphatic rings. The van der Waals surface area contributed by atoms with E-state index >= 15 is 0 Å². The minimum Gasteiger partial charge on any atom is -0.489 e. The fourth-order valence-electron chi connectivity index (χ4n) is 3.59. The van der Waals surface area contributed by atoms with Crippen LogP contribution in [-0.4, -0.2) is 22.6 Å². The third-order valence-electron chi connectivity index (χ3n) is 4.98. The van der Waals surface area contributed by atoms with E-state index in [0.717, 1.165) is 11.1 Å². The normalized spacial score (nSPS) is 17.6. The number of ether oxygens (including phenoxy) is 1. The number of hydrogen-bond acceptors (Lipinski definition) is 5. The van der Waals surface area contributed by atoms with E-state index < -0.39 is 30.7 Å². The Labute approximate surface area is 170 Å². The lowest BCUT2D eigenvalue weighted by molar-refractivity contribution is 0.302. The van der Waals surface area contributed by atoms with Crippen molar-refractivity contribution in [1.82, 2.24) is 0 Å². The van der Waals surface area contributed by atoms with Gasteiger partial charge in [0, 0.05) is 5.56 Å². The highest BCUT2D eigenvalue weighted by Crippen LogP contribution is 2.45. The second-order valence-corrected chi connectivity index (χ2v) is 11.2. The zero-order chi connectivity index (χ0) is 20.6. The van der Waals surface area contributed by atoms with Crippen molar-refractivity contribution in [1.29, 1.82) is 0 Å². The average Bonchev–Trinajstić information content (AvgIpc) is 2.99. The van der Waals surface area contributed by atoms with Crippen molar-refractivity contribution >= 4 is 19.7 Å². The van der Waals surface area contributed by atoms with Gasteiger partial charge in [-0.3, -0.25) is 0 Å². The smallest absolute Gasteiger partial charge is 0.186 e. The Balaban J connectivity index is 1.77. The first-order valence-electron chi connectivity index (χ1n) is 9.12. The summed E-state index contributed by atoms with van der Waals surface area (Å²) in [7, 11) is -7.61. The Morgan fingerprint density at radius 3 is 2.41 bits per heavy atom. The first-order chi connectivity index (χ1) is 13.8. The van der Waals surface area contributed by atoms with E-state index in [1.165, 1.54) is 18.2 Å². The molecule has 0 fully saturated rings. The quantitative estimate of drug-likeness (QED) is 0.616. The summed E-state index contributed by atoms with van der Waals surface area (Å²) < 4.78 is 57.8. The van der Waals surface area contributed by atoms with E-state index in [9.17, 15) is 16.8 Å². The molecule has 4 rings (SSSR count). The molecule has 150 valence electrons. The van der Waals surface area contributed by atoms with Crippen LogP contribution in [0.4, 0.5) is 0 Å². The average molecular weight is 429 g/mol. The van der Waals surface area contributed by atoms with E-state index in [1.807, 2.05) is 31.2 Å². The van der Waals surface area contributed by atoms with Crippen molar-refractivity contribution in [3.05, 3.63) is 89.5 Å². The number of hydrogen-bond donors (Lipinski definition) is 0. The zero-order valence-corrected chi connectivity index (χ0v) is 17.4. The van der Waals surface area contributed by atoms with Gasteiger partial charge in [0.05, 0.1) is 15.5 Å². The molecule has 0 bridgehead atoms. The molecule has 0 amide bonds. The fourth-order valence-corrected chi connectivity index (χ4v) is 7.95. The van der Waals surface area contributed by atoms with Crippen LogP contribution in [0.15, 0.2) is 82.6 Å². The van der Waals surface area contributed by atoms with Crippen LogP contribution in [0.25, 0.3) is 0 Å². The van der Waals surface area contributed by atoms with Gasteiger partial charge in [-0.05, 0) is 36.8 Å². The SMILES string of the molecule is Cc1cccc(COc2cccc3c2C(S(=O)(=O)c2ccccc2)CS3(=O)=O)c1. The lowest BCUT2D eigenvalue weighted by Gasteiger charge is -2.16. The van der Waals surface area contributed by atoms with Gasteiger partial charge in [0.2, 0.25) is 0 Å². The van der Waals surface area contributed by atoms with Gasteiger partial charge >= 0.3 is 0 Å². The van der Waals surface area contributed by atoms with Crippen LogP contribution in [0.3, 0.4) is 0 Å². The first-order valence-corrected chi connectivity index (χ1v) is 12.3. The van der Waals surface area contributed by atoms with Gasteiger partial charge in [0.25, 0.3) is 0 Å². The standard InChI is InChI=1S/C22H20O5S2/c1-16-7-5-8-17(13-16)14-27-19-11-6-12-20-22(19)21(15-28(20,23)24)29(25,26)18-9-3-2-4-10-18/h2-13,21H,14-15H2,1H3. The van der Waals surface area contributed by atoms with Gasteiger partial charge < -0.3 is 4.74 Å². The predicted molar refractivity (Wildman–Crippen MR) is 110 cm³/mol. The molecule has 0 saturated heterocycles. The van der Waals surface area contributed by atoms with E-state index in [2.05, 4.69) is 0 Å². The van der Waals surface area contributed by atoms with Crippen LogP contribution < -0.4 is 4.74 Å². The predicted octanol–water partition coefficient (Wildman–Crippen LogP) is 3.88. The molecule has 1 aliphatic heterocycles. The van der Waals surface area contributed by atoms with Crippen molar-refractivity contribution in [2.24, 2.45) is 0 Å². The van der Waals surface area contributed by atoms with Gasteiger partial charge in [0.1, 0.15) is 17.6 Å². The summed E-state index contributed by atoms with van der Waals surface area (Å²) in [6.07, 6.45) is 0. The van der Waals surface area contributed by atoms with Crippen molar-refractivity contribution in [3.8, 4) is 5.75 Å². The van der Waals surface area contributed by atoms with Gasteiger partial charge in [-0.25, -0.2) is 16.8 Å². The highest BCUT2D eigenvalue weighted by Gasteiger charge is 2.45. The molecular weight excluding hydrogens is 408 g/mol. The summed E-state index contributed by atoms with van der Waals surface area (Å²) in [6.45, 7) is 2.19. The maximum absolute atomic E-state index is 13.2. The third kappa shape index (κ3) is 3.68. The summed E-state index contributed by atoms with van der Waals surface area (Å²) >= 11 is 0. The number of sulfone groups is 2. The molecule has 1 atom stereocenters. The second-order valence-electron chi connectivity index (χ2n) is 7.07. The van der Waals surface area contributed by atoms with E-state index in [4.69, 9.17) is 4.74 Å².